The van der Waals surface area contributed by atoms with E-state index in [1.807, 2.05) is 12.1 Å². The van der Waals surface area contributed by atoms with Crippen molar-refractivity contribution in [2.75, 3.05) is 25.9 Å². The van der Waals surface area contributed by atoms with Crippen molar-refractivity contribution in [3.05, 3.63) is 29.8 Å². The van der Waals surface area contributed by atoms with Crippen LogP contribution in [0, 0.1) is 0 Å². The summed E-state index contributed by atoms with van der Waals surface area (Å²) < 4.78 is 0. The highest BCUT2D eigenvalue weighted by Gasteiger charge is 2.41. The molecule has 0 radical (unpaired) electrons. The van der Waals surface area contributed by atoms with Gasteiger partial charge in [0.05, 0.1) is 0 Å². The molecule has 0 spiro atoms. The standard InChI is InChI=1S/C13H19N3/c1-15-12-6-13(15)9-16(8-12)7-10-3-2-4-11(14)5-10/h2-5,12-13H,6-9,14H2,1H3. The largest absolute Gasteiger partial charge is 0.399 e. The molecule has 3 heteroatoms. The summed E-state index contributed by atoms with van der Waals surface area (Å²) in [6.07, 6.45) is 1.39. The molecule has 0 saturated carbocycles. The minimum atomic E-state index is 0.791. The topological polar surface area (TPSA) is 32.5 Å². The van der Waals surface area contributed by atoms with Crippen LogP contribution in [0.5, 0.6) is 0 Å². The number of likely N-dealkylation sites (N-methyl/N-ethyl adjacent to an activating group) is 1. The van der Waals surface area contributed by atoms with Crippen molar-refractivity contribution in [3.63, 3.8) is 0 Å². The van der Waals surface area contributed by atoms with Crippen LogP contribution in [0.3, 0.4) is 0 Å². The first-order chi connectivity index (χ1) is 7.72. The smallest absolute Gasteiger partial charge is 0.0317 e. The number of fused-ring (bicyclic) bond motifs is 2. The van der Waals surface area contributed by atoms with Crippen LogP contribution in [0.2, 0.25) is 0 Å². The number of nitrogens with zero attached hydrogens (tertiary/aromatic N) is 2. The highest BCUT2D eigenvalue weighted by atomic mass is 15.3. The second-order valence-corrected chi connectivity index (χ2v) is 5.15. The van der Waals surface area contributed by atoms with Gasteiger partial charge in [0, 0.05) is 37.4 Å². The lowest BCUT2D eigenvalue weighted by molar-refractivity contribution is -0.0532. The Hall–Kier alpha value is -1.06. The summed E-state index contributed by atoms with van der Waals surface area (Å²) >= 11 is 0. The molecule has 3 aliphatic heterocycles. The van der Waals surface area contributed by atoms with Gasteiger partial charge in [-0.1, -0.05) is 12.1 Å². The van der Waals surface area contributed by atoms with E-state index in [1.165, 1.54) is 25.1 Å². The highest BCUT2D eigenvalue weighted by Crippen LogP contribution is 2.30. The van der Waals surface area contributed by atoms with Crippen LogP contribution in [0.25, 0.3) is 0 Å². The second-order valence-electron chi connectivity index (χ2n) is 5.15. The number of benzene rings is 1. The van der Waals surface area contributed by atoms with Crippen LogP contribution in [0.15, 0.2) is 24.3 Å². The predicted octanol–water partition coefficient (Wildman–Crippen LogP) is 1.16. The molecule has 3 saturated heterocycles. The number of hydrogen-bond acceptors (Lipinski definition) is 3. The molecule has 0 aliphatic carbocycles. The van der Waals surface area contributed by atoms with Gasteiger partial charge >= 0.3 is 0 Å². The van der Waals surface area contributed by atoms with E-state index in [2.05, 4.69) is 29.0 Å². The van der Waals surface area contributed by atoms with E-state index >= 15 is 0 Å². The van der Waals surface area contributed by atoms with Crippen LogP contribution in [0.1, 0.15) is 12.0 Å². The summed E-state index contributed by atoms with van der Waals surface area (Å²) in [5.74, 6) is 0. The van der Waals surface area contributed by atoms with E-state index < -0.39 is 0 Å². The number of nitrogens with two attached hydrogens (primary N) is 1. The highest BCUT2D eigenvalue weighted by molar-refractivity contribution is 5.40. The van der Waals surface area contributed by atoms with Gasteiger partial charge < -0.3 is 5.73 Å². The molecule has 0 amide bonds. The lowest BCUT2D eigenvalue weighted by Crippen LogP contribution is -2.66. The number of anilines is 1. The summed E-state index contributed by atoms with van der Waals surface area (Å²) in [4.78, 5) is 5.06. The molecule has 16 heavy (non-hydrogen) atoms. The van der Waals surface area contributed by atoms with Gasteiger partial charge in [0.1, 0.15) is 0 Å². The van der Waals surface area contributed by atoms with Gasteiger partial charge in [-0.05, 0) is 31.2 Å². The first-order valence-corrected chi connectivity index (χ1v) is 6.01. The van der Waals surface area contributed by atoms with Gasteiger partial charge in [0.25, 0.3) is 0 Å². The van der Waals surface area contributed by atoms with Crippen molar-refractivity contribution >= 4 is 5.69 Å². The minimum absolute atomic E-state index is 0.791. The van der Waals surface area contributed by atoms with Crippen LogP contribution in [0.4, 0.5) is 5.69 Å². The summed E-state index contributed by atoms with van der Waals surface area (Å²) in [5.41, 5.74) is 8.00. The first kappa shape index (κ1) is 10.1. The van der Waals surface area contributed by atoms with Crippen LogP contribution in [-0.2, 0) is 6.54 Å². The maximum absolute atomic E-state index is 5.80. The van der Waals surface area contributed by atoms with E-state index in [0.29, 0.717) is 0 Å². The van der Waals surface area contributed by atoms with E-state index in [1.54, 1.807) is 0 Å². The molecule has 3 nitrogen and oxygen atoms in total. The maximum atomic E-state index is 5.80. The Labute approximate surface area is 96.8 Å². The molecule has 3 fully saturated rings. The van der Waals surface area contributed by atoms with Crippen molar-refractivity contribution in [1.29, 1.82) is 0 Å². The van der Waals surface area contributed by atoms with Crippen molar-refractivity contribution in [3.8, 4) is 0 Å². The van der Waals surface area contributed by atoms with E-state index in [0.717, 1.165) is 24.3 Å². The lowest BCUT2D eigenvalue weighted by Gasteiger charge is -2.55. The van der Waals surface area contributed by atoms with Crippen molar-refractivity contribution < 1.29 is 0 Å². The van der Waals surface area contributed by atoms with Gasteiger partial charge in [0.2, 0.25) is 0 Å². The third-order valence-electron chi connectivity index (χ3n) is 3.99. The SMILES string of the molecule is CN1C2CC1CN(Cc1cccc(N)c1)C2. The van der Waals surface area contributed by atoms with Crippen LogP contribution in [-0.4, -0.2) is 42.0 Å². The van der Waals surface area contributed by atoms with Crippen LogP contribution >= 0.6 is 0 Å². The molecule has 2 N–H and O–H groups in total. The zero-order valence-electron chi connectivity index (χ0n) is 9.76. The Balaban J connectivity index is 1.64. The van der Waals surface area contributed by atoms with Crippen molar-refractivity contribution in [2.45, 2.75) is 25.0 Å². The molecule has 3 heterocycles. The van der Waals surface area contributed by atoms with Gasteiger partial charge in [-0.3, -0.25) is 9.80 Å². The number of nitrogen functional groups attached to an aromatic ring is 1. The fourth-order valence-electron chi connectivity index (χ4n) is 2.96. The Morgan fingerprint density at radius 3 is 2.69 bits per heavy atom. The summed E-state index contributed by atoms with van der Waals surface area (Å²) in [7, 11) is 2.25. The quantitative estimate of drug-likeness (QED) is 0.754. The average Bonchev–Trinajstić information content (AvgIpc) is 2.28. The van der Waals surface area contributed by atoms with Gasteiger partial charge in [0.15, 0.2) is 0 Å². The molecule has 1 aromatic rings. The van der Waals surface area contributed by atoms with E-state index in [9.17, 15) is 0 Å². The molecule has 86 valence electrons. The number of rotatable bonds is 2. The minimum Gasteiger partial charge on any atom is -0.399 e. The number of piperidine rings is 1. The zero-order chi connectivity index (χ0) is 11.1. The molecule has 0 aromatic heterocycles. The fourth-order valence-corrected chi connectivity index (χ4v) is 2.96. The molecule has 2 atom stereocenters. The Kier molecular flexibility index (Phi) is 2.37. The fraction of sp³-hybridized carbons (Fsp3) is 0.538. The number of hydrogen-bond donors (Lipinski definition) is 1. The van der Waals surface area contributed by atoms with Gasteiger partial charge in [-0.25, -0.2) is 0 Å². The Bertz CT molecular complexity index is 379. The summed E-state index contributed by atoms with van der Waals surface area (Å²) in [5, 5.41) is 0. The third kappa shape index (κ3) is 1.70. The molecule has 3 aliphatic rings. The molecule has 4 rings (SSSR count). The molecular weight excluding hydrogens is 198 g/mol. The average molecular weight is 217 g/mol. The molecule has 1 aromatic carbocycles. The molecular formula is C13H19N3. The van der Waals surface area contributed by atoms with Crippen LogP contribution < -0.4 is 5.73 Å². The Morgan fingerprint density at radius 2 is 2.06 bits per heavy atom. The van der Waals surface area contributed by atoms with Crippen molar-refractivity contribution in [2.24, 2.45) is 0 Å². The second kappa shape index (κ2) is 3.75. The normalized spacial score (nSPS) is 30.1. The third-order valence-corrected chi connectivity index (χ3v) is 3.99. The maximum Gasteiger partial charge on any atom is 0.0317 e. The molecule has 2 unspecified atom stereocenters. The van der Waals surface area contributed by atoms with Gasteiger partial charge in [-0.15, -0.1) is 0 Å². The monoisotopic (exact) mass is 217 g/mol. The summed E-state index contributed by atoms with van der Waals surface area (Å²) in [6.45, 7) is 3.47. The Morgan fingerprint density at radius 1 is 1.31 bits per heavy atom. The predicted molar refractivity (Wildman–Crippen MR) is 66.1 cm³/mol. The lowest BCUT2D eigenvalue weighted by atomic mass is 9.88. The van der Waals surface area contributed by atoms with E-state index in [-0.39, 0.29) is 0 Å². The number of piperazine rings is 1. The first-order valence-electron chi connectivity index (χ1n) is 6.01. The molecule has 2 bridgehead atoms. The van der Waals surface area contributed by atoms with E-state index in [4.69, 9.17) is 5.73 Å². The summed E-state index contributed by atoms with van der Waals surface area (Å²) in [6, 6.07) is 9.83. The zero-order valence-corrected chi connectivity index (χ0v) is 9.76. The van der Waals surface area contributed by atoms with Crippen molar-refractivity contribution in [1.82, 2.24) is 9.80 Å². The van der Waals surface area contributed by atoms with Gasteiger partial charge in [-0.2, -0.15) is 0 Å².